The molecule has 1 aromatic carbocycles. The van der Waals surface area contributed by atoms with Gasteiger partial charge in [-0.3, -0.25) is 9.59 Å². The predicted molar refractivity (Wildman–Crippen MR) is 144 cm³/mol. The van der Waals surface area contributed by atoms with Gasteiger partial charge in [-0.1, -0.05) is 39.0 Å². The van der Waals surface area contributed by atoms with Crippen molar-refractivity contribution in [2.24, 2.45) is 0 Å². The Morgan fingerprint density at radius 3 is 2.54 bits per heavy atom. The third kappa shape index (κ3) is 4.98. The van der Waals surface area contributed by atoms with E-state index in [-0.39, 0.29) is 11.3 Å². The molecule has 1 aliphatic rings. The zero-order valence-electron chi connectivity index (χ0n) is 22.3. The molecule has 1 atom stereocenters. The van der Waals surface area contributed by atoms with Gasteiger partial charge in [0, 0.05) is 19.3 Å². The van der Waals surface area contributed by atoms with Gasteiger partial charge in [0.05, 0.1) is 23.9 Å². The fourth-order valence-electron chi connectivity index (χ4n) is 4.91. The van der Waals surface area contributed by atoms with Crippen LogP contribution in [-0.4, -0.2) is 68.8 Å². The van der Waals surface area contributed by atoms with Crippen LogP contribution in [0.3, 0.4) is 0 Å². The highest BCUT2D eigenvalue weighted by atomic mass is 16.5. The van der Waals surface area contributed by atoms with Crippen molar-refractivity contribution in [3.8, 4) is 5.75 Å². The maximum absolute atomic E-state index is 13.5. The molecule has 2 aromatic heterocycles. The van der Waals surface area contributed by atoms with Gasteiger partial charge < -0.3 is 24.0 Å². The lowest BCUT2D eigenvalue weighted by molar-refractivity contribution is -0.140. The second-order valence-electron chi connectivity index (χ2n) is 9.37. The standard InChI is InChI=1S/C29H36N4O4/c1-6-17-37-22-13-9-12-21(18-22)25-23(27(35)29(36)33(25)16-15-31(7-2)8-3)26(34)24-20(5)32-14-10-11-19(4)28(32)30-24/h9-14,18,25,34H,6-8,15-17H2,1-5H3/b26-23+. The molecule has 3 heterocycles. The van der Waals surface area contributed by atoms with Gasteiger partial charge in [0.15, 0.2) is 5.76 Å². The van der Waals surface area contributed by atoms with Gasteiger partial charge in [-0.15, -0.1) is 0 Å². The number of aryl methyl sites for hydroxylation is 2. The lowest BCUT2D eigenvalue weighted by Gasteiger charge is -2.28. The van der Waals surface area contributed by atoms with Crippen LogP contribution in [0.2, 0.25) is 0 Å². The number of hydrogen-bond acceptors (Lipinski definition) is 6. The largest absolute Gasteiger partial charge is 0.505 e. The summed E-state index contributed by atoms with van der Waals surface area (Å²) in [6.07, 6.45) is 2.73. The fraction of sp³-hybridized carbons (Fsp3) is 0.414. The summed E-state index contributed by atoms with van der Waals surface area (Å²) in [6.45, 7) is 13.2. The summed E-state index contributed by atoms with van der Waals surface area (Å²) < 4.78 is 7.72. The molecule has 1 aliphatic heterocycles. The molecule has 196 valence electrons. The van der Waals surface area contributed by atoms with E-state index in [1.165, 1.54) is 0 Å². The molecule has 1 fully saturated rings. The molecule has 0 bridgehead atoms. The van der Waals surface area contributed by atoms with Crippen molar-refractivity contribution < 1.29 is 19.4 Å². The number of amides is 1. The topological polar surface area (TPSA) is 87.4 Å². The summed E-state index contributed by atoms with van der Waals surface area (Å²) >= 11 is 0. The molecule has 0 aliphatic carbocycles. The predicted octanol–water partition coefficient (Wildman–Crippen LogP) is 4.50. The van der Waals surface area contributed by atoms with Gasteiger partial charge in [0.1, 0.15) is 17.1 Å². The summed E-state index contributed by atoms with van der Waals surface area (Å²) in [5.74, 6) is -0.909. The minimum absolute atomic E-state index is 0.0568. The van der Waals surface area contributed by atoms with Crippen LogP contribution >= 0.6 is 0 Å². The molecule has 1 N–H and O–H groups in total. The zero-order valence-corrected chi connectivity index (χ0v) is 22.3. The normalized spacial score (nSPS) is 17.4. The number of pyridine rings is 1. The molecule has 1 amide bonds. The summed E-state index contributed by atoms with van der Waals surface area (Å²) in [6, 6.07) is 10.5. The number of imidazole rings is 1. The van der Waals surface area contributed by atoms with E-state index in [4.69, 9.17) is 4.74 Å². The maximum atomic E-state index is 13.5. The number of rotatable bonds is 10. The van der Waals surface area contributed by atoms with Crippen molar-refractivity contribution in [2.75, 3.05) is 32.8 Å². The number of carbonyl (C=O) groups is 2. The fourth-order valence-corrected chi connectivity index (χ4v) is 4.91. The lowest BCUT2D eigenvalue weighted by atomic mass is 9.96. The number of aliphatic hydroxyl groups is 1. The van der Waals surface area contributed by atoms with Crippen LogP contribution in [0.4, 0.5) is 0 Å². The molecular formula is C29H36N4O4. The Bertz CT molecular complexity index is 1340. The summed E-state index contributed by atoms with van der Waals surface area (Å²) in [5.41, 5.74) is 3.42. The Labute approximate surface area is 218 Å². The molecule has 4 rings (SSSR count). The smallest absolute Gasteiger partial charge is 0.295 e. The first-order chi connectivity index (χ1) is 17.8. The van der Waals surface area contributed by atoms with Crippen molar-refractivity contribution in [3.63, 3.8) is 0 Å². The number of fused-ring (bicyclic) bond motifs is 1. The van der Waals surface area contributed by atoms with E-state index in [1.54, 1.807) is 4.90 Å². The lowest BCUT2D eigenvalue weighted by Crippen LogP contribution is -2.38. The number of hydrogen-bond donors (Lipinski definition) is 1. The first-order valence-corrected chi connectivity index (χ1v) is 13.0. The number of nitrogens with zero attached hydrogens (tertiary/aromatic N) is 4. The Morgan fingerprint density at radius 1 is 1.11 bits per heavy atom. The highest BCUT2D eigenvalue weighted by Crippen LogP contribution is 2.40. The second kappa shape index (κ2) is 11.2. The molecule has 0 radical (unpaired) electrons. The van der Waals surface area contributed by atoms with E-state index in [2.05, 4.69) is 23.7 Å². The second-order valence-corrected chi connectivity index (χ2v) is 9.37. The molecule has 1 unspecified atom stereocenters. The van der Waals surface area contributed by atoms with Crippen molar-refractivity contribution in [2.45, 2.75) is 47.1 Å². The molecule has 1 saturated heterocycles. The van der Waals surface area contributed by atoms with E-state index >= 15 is 0 Å². The molecule has 8 nitrogen and oxygen atoms in total. The number of likely N-dealkylation sites (tertiary alicyclic amines) is 1. The number of benzene rings is 1. The Hall–Kier alpha value is -3.65. The monoisotopic (exact) mass is 504 g/mol. The van der Waals surface area contributed by atoms with E-state index in [1.807, 2.05) is 67.8 Å². The van der Waals surface area contributed by atoms with Crippen LogP contribution in [0.25, 0.3) is 11.4 Å². The first-order valence-electron chi connectivity index (χ1n) is 13.0. The van der Waals surface area contributed by atoms with E-state index < -0.39 is 17.7 Å². The number of Topliss-reactive ketones (excluding diaryl/α,β-unsaturated/α-hetero) is 1. The van der Waals surface area contributed by atoms with Gasteiger partial charge in [-0.2, -0.15) is 0 Å². The third-order valence-corrected chi connectivity index (χ3v) is 7.05. The van der Waals surface area contributed by atoms with Gasteiger partial charge in [-0.25, -0.2) is 4.98 Å². The molecular weight excluding hydrogens is 468 g/mol. The van der Waals surface area contributed by atoms with Crippen LogP contribution < -0.4 is 4.74 Å². The van der Waals surface area contributed by atoms with Crippen LogP contribution in [0.1, 0.15) is 55.7 Å². The van der Waals surface area contributed by atoms with Gasteiger partial charge in [0.25, 0.3) is 11.7 Å². The number of carbonyl (C=O) groups excluding carboxylic acids is 2. The minimum Gasteiger partial charge on any atom is -0.505 e. The molecule has 3 aromatic rings. The highest BCUT2D eigenvalue weighted by Gasteiger charge is 2.46. The Balaban J connectivity index is 1.86. The quantitative estimate of drug-likeness (QED) is 0.248. The average Bonchev–Trinajstić information content (AvgIpc) is 3.38. The Kier molecular flexibility index (Phi) is 7.97. The van der Waals surface area contributed by atoms with Gasteiger partial charge >= 0.3 is 0 Å². The molecule has 0 saturated carbocycles. The summed E-state index contributed by atoms with van der Waals surface area (Å²) in [5, 5.41) is 11.6. The molecule has 37 heavy (non-hydrogen) atoms. The van der Waals surface area contributed by atoms with Crippen LogP contribution in [0.15, 0.2) is 48.2 Å². The molecule has 0 spiro atoms. The maximum Gasteiger partial charge on any atom is 0.295 e. The van der Waals surface area contributed by atoms with Crippen LogP contribution in [-0.2, 0) is 9.59 Å². The van der Waals surface area contributed by atoms with Crippen LogP contribution in [0, 0.1) is 13.8 Å². The third-order valence-electron chi connectivity index (χ3n) is 7.05. The minimum atomic E-state index is -0.744. The number of aliphatic hydroxyl groups excluding tert-OH is 1. The van der Waals surface area contributed by atoms with Gasteiger partial charge in [0.2, 0.25) is 0 Å². The number of aromatic nitrogens is 2. The van der Waals surface area contributed by atoms with Crippen molar-refractivity contribution in [1.82, 2.24) is 19.2 Å². The van der Waals surface area contributed by atoms with Crippen molar-refractivity contribution in [3.05, 3.63) is 70.7 Å². The van der Waals surface area contributed by atoms with E-state index in [0.29, 0.717) is 48.0 Å². The number of ketones is 1. The van der Waals surface area contributed by atoms with E-state index in [0.717, 1.165) is 25.1 Å². The van der Waals surface area contributed by atoms with E-state index in [9.17, 15) is 14.7 Å². The number of ether oxygens (including phenoxy) is 1. The van der Waals surface area contributed by atoms with Crippen molar-refractivity contribution in [1.29, 1.82) is 0 Å². The summed E-state index contributed by atoms with van der Waals surface area (Å²) in [4.78, 5) is 35.2. The highest BCUT2D eigenvalue weighted by molar-refractivity contribution is 6.46. The van der Waals surface area contributed by atoms with Crippen molar-refractivity contribution >= 4 is 23.1 Å². The SMILES string of the molecule is CCCOc1cccc(C2/C(=C(\O)c3nc4c(C)cccn4c3C)C(=O)C(=O)N2CCN(CC)CC)c1. The Morgan fingerprint density at radius 2 is 1.86 bits per heavy atom. The average molecular weight is 505 g/mol. The van der Waals surface area contributed by atoms with Crippen LogP contribution in [0.5, 0.6) is 5.75 Å². The zero-order chi connectivity index (χ0) is 26.7. The molecule has 8 heteroatoms. The van der Waals surface area contributed by atoms with Gasteiger partial charge in [-0.05, 0) is 62.7 Å². The summed E-state index contributed by atoms with van der Waals surface area (Å²) in [7, 11) is 0. The first kappa shape index (κ1) is 26.4. The number of likely N-dealkylation sites (N-methyl/N-ethyl adjacent to an activating group) is 1.